The summed E-state index contributed by atoms with van der Waals surface area (Å²) in [5, 5.41) is 10.5. The largest absolute Gasteiger partial charge is 0.485 e. The summed E-state index contributed by atoms with van der Waals surface area (Å²) in [6, 6.07) is 1.37. The third kappa shape index (κ3) is 2.22. The standard InChI is InChI=1S/C15H18N2O3/c1-15(2)14(19)13(17-9-3-4-10(18)7-9)11-8-16-6-5-12(11)20-15/h5-6,8,13-14,19H,3-4,7H2,1-2H3/t13-,14+/m0/s1. The maximum absolute atomic E-state index is 11.4. The van der Waals surface area contributed by atoms with Crippen molar-refractivity contribution in [1.82, 2.24) is 4.98 Å². The zero-order chi connectivity index (χ0) is 14.3. The van der Waals surface area contributed by atoms with Gasteiger partial charge in [0.05, 0.1) is 0 Å². The number of hydrogen-bond donors (Lipinski definition) is 1. The van der Waals surface area contributed by atoms with Gasteiger partial charge in [-0.3, -0.25) is 14.8 Å². The molecule has 1 aromatic heterocycles. The van der Waals surface area contributed by atoms with Gasteiger partial charge in [0.1, 0.15) is 29.3 Å². The van der Waals surface area contributed by atoms with Crippen LogP contribution in [0.4, 0.5) is 0 Å². The lowest BCUT2D eigenvalue weighted by atomic mass is 9.87. The predicted molar refractivity (Wildman–Crippen MR) is 74.0 cm³/mol. The minimum absolute atomic E-state index is 0.218. The smallest absolute Gasteiger partial charge is 0.138 e. The molecule has 5 heteroatoms. The fraction of sp³-hybridized carbons (Fsp3) is 0.533. The minimum Gasteiger partial charge on any atom is -0.485 e. The van der Waals surface area contributed by atoms with E-state index < -0.39 is 17.7 Å². The average Bonchev–Trinajstić information content (AvgIpc) is 2.80. The molecule has 2 aliphatic rings. The molecule has 1 fully saturated rings. The van der Waals surface area contributed by atoms with Crippen molar-refractivity contribution in [3.05, 3.63) is 24.0 Å². The summed E-state index contributed by atoms with van der Waals surface area (Å²) in [6.07, 6.45) is 4.23. The molecule has 0 unspecified atom stereocenters. The van der Waals surface area contributed by atoms with Crippen LogP contribution in [0, 0.1) is 0 Å². The summed E-state index contributed by atoms with van der Waals surface area (Å²) < 4.78 is 5.82. The number of pyridine rings is 1. The fourth-order valence-corrected chi connectivity index (χ4v) is 2.74. The molecule has 0 amide bonds. The van der Waals surface area contributed by atoms with Crippen LogP contribution in [-0.2, 0) is 4.79 Å². The quantitative estimate of drug-likeness (QED) is 0.848. The Labute approximate surface area is 117 Å². The van der Waals surface area contributed by atoms with E-state index in [0.29, 0.717) is 25.0 Å². The van der Waals surface area contributed by atoms with Crippen LogP contribution in [0.15, 0.2) is 23.5 Å². The zero-order valence-corrected chi connectivity index (χ0v) is 11.7. The number of hydrogen-bond acceptors (Lipinski definition) is 5. The number of rotatable bonds is 1. The first-order valence-electron chi connectivity index (χ1n) is 6.85. The molecule has 3 rings (SSSR count). The van der Waals surface area contributed by atoms with Gasteiger partial charge in [-0.25, -0.2) is 0 Å². The van der Waals surface area contributed by atoms with E-state index >= 15 is 0 Å². The molecule has 2 heterocycles. The fourth-order valence-electron chi connectivity index (χ4n) is 2.74. The molecular formula is C15H18N2O3. The third-order valence-electron chi connectivity index (χ3n) is 3.93. The second kappa shape index (κ2) is 4.66. The van der Waals surface area contributed by atoms with E-state index in [9.17, 15) is 9.90 Å². The summed E-state index contributed by atoms with van der Waals surface area (Å²) in [5.41, 5.74) is 0.934. The van der Waals surface area contributed by atoms with Crippen molar-refractivity contribution in [3.8, 4) is 5.75 Å². The number of aliphatic hydroxyl groups excluding tert-OH is 1. The lowest BCUT2D eigenvalue weighted by Gasteiger charge is -2.40. The van der Waals surface area contributed by atoms with E-state index in [1.54, 1.807) is 18.5 Å². The van der Waals surface area contributed by atoms with Gasteiger partial charge in [-0.05, 0) is 26.3 Å². The Morgan fingerprint density at radius 3 is 2.95 bits per heavy atom. The predicted octanol–water partition coefficient (Wildman–Crippen LogP) is 1.85. The van der Waals surface area contributed by atoms with Gasteiger partial charge < -0.3 is 9.84 Å². The van der Waals surface area contributed by atoms with Crippen LogP contribution < -0.4 is 4.74 Å². The van der Waals surface area contributed by atoms with Crippen LogP contribution in [0.25, 0.3) is 0 Å². The highest BCUT2D eigenvalue weighted by atomic mass is 16.5. The molecule has 1 aliphatic heterocycles. The Hall–Kier alpha value is -1.75. The Kier molecular flexibility index (Phi) is 3.09. The number of carbonyl (C=O) groups is 1. The van der Waals surface area contributed by atoms with Crippen molar-refractivity contribution in [3.63, 3.8) is 0 Å². The molecular weight excluding hydrogens is 256 g/mol. The summed E-state index contributed by atoms with van der Waals surface area (Å²) in [5.74, 6) is 0.921. The molecule has 0 saturated heterocycles. The monoisotopic (exact) mass is 274 g/mol. The number of aliphatic imine (C=N–C) groups is 1. The number of nitrogens with zero attached hydrogens (tertiary/aromatic N) is 2. The maximum Gasteiger partial charge on any atom is 0.138 e. The van der Waals surface area contributed by atoms with Crippen molar-refractivity contribution in [2.45, 2.75) is 50.9 Å². The SMILES string of the molecule is CC1(C)Oc2ccncc2[C@H](N=C2CCC(=O)C2)[C@H]1O. The van der Waals surface area contributed by atoms with Crippen molar-refractivity contribution in [2.75, 3.05) is 0 Å². The average molecular weight is 274 g/mol. The van der Waals surface area contributed by atoms with Gasteiger partial charge in [-0.15, -0.1) is 0 Å². The summed E-state index contributed by atoms with van der Waals surface area (Å²) in [6.45, 7) is 3.68. The van der Waals surface area contributed by atoms with Crippen LogP contribution in [0.2, 0.25) is 0 Å². The molecule has 0 radical (unpaired) electrons. The van der Waals surface area contributed by atoms with Gasteiger partial charge in [-0.1, -0.05) is 0 Å². The van der Waals surface area contributed by atoms with E-state index in [1.807, 2.05) is 13.8 Å². The highest BCUT2D eigenvalue weighted by Crippen LogP contribution is 2.41. The Balaban J connectivity index is 2.01. The maximum atomic E-state index is 11.4. The lowest BCUT2D eigenvalue weighted by Crippen LogP contribution is -2.48. The topological polar surface area (TPSA) is 71.8 Å². The van der Waals surface area contributed by atoms with E-state index in [1.165, 1.54) is 0 Å². The first-order valence-corrected chi connectivity index (χ1v) is 6.85. The second-order valence-electron chi connectivity index (χ2n) is 5.92. The number of ketones is 1. The first kappa shape index (κ1) is 13.2. The Morgan fingerprint density at radius 2 is 2.25 bits per heavy atom. The van der Waals surface area contributed by atoms with Gasteiger partial charge in [-0.2, -0.15) is 0 Å². The number of aromatic nitrogens is 1. The molecule has 1 N–H and O–H groups in total. The lowest BCUT2D eigenvalue weighted by molar-refractivity contribution is -0.116. The van der Waals surface area contributed by atoms with Crippen LogP contribution in [-0.4, -0.2) is 33.3 Å². The van der Waals surface area contributed by atoms with Gasteiger partial charge in [0.15, 0.2) is 0 Å². The van der Waals surface area contributed by atoms with E-state index in [2.05, 4.69) is 9.98 Å². The summed E-state index contributed by atoms with van der Waals surface area (Å²) in [4.78, 5) is 20.1. The van der Waals surface area contributed by atoms with E-state index in [-0.39, 0.29) is 5.78 Å². The normalized spacial score (nSPS) is 30.1. The highest BCUT2D eigenvalue weighted by molar-refractivity contribution is 6.08. The van der Waals surface area contributed by atoms with Crippen LogP contribution in [0.3, 0.4) is 0 Å². The Bertz CT molecular complexity index is 580. The molecule has 2 atom stereocenters. The van der Waals surface area contributed by atoms with Crippen LogP contribution in [0.1, 0.15) is 44.7 Å². The molecule has 0 aromatic carbocycles. The van der Waals surface area contributed by atoms with Gasteiger partial charge in [0.2, 0.25) is 0 Å². The van der Waals surface area contributed by atoms with E-state index in [4.69, 9.17) is 4.74 Å². The van der Waals surface area contributed by atoms with Crippen LogP contribution >= 0.6 is 0 Å². The highest BCUT2D eigenvalue weighted by Gasteiger charge is 2.43. The number of carbonyl (C=O) groups excluding carboxylic acids is 1. The number of aliphatic hydroxyl groups is 1. The van der Waals surface area contributed by atoms with Crippen molar-refractivity contribution >= 4 is 11.5 Å². The molecule has 0 bridgehead atoms. The van der Waals surface area contributed by atoms with Crippen molar-refractivity contribution in [2.24, 2.45) is 4.99 Å². The molecule has 5 nitrogen and oxygen atoms in total. The van der Waals surface area contributed by atoms with Crippen molar-refractivity contribution in [1.29, 1.82) is 0 Å². The number of Topliss-reactive ketones (excluding diaryl/α,β-unsaturated/α-hetero) is 1. The minimum atomic E-state index is -0.762. The molecule has 1 aliphatic carbocycles. The van der Waals surface area contributed by atoms with Gasteiger partial charge >= 0.3 is 0 Å². The Morgan fingerprint density at radius 1 is 1.45 bits per heavy atom. The molecule has 106 valence electrons. The van der Waals surface area contributed by atoms with Crippen molar-refractivity contribution < 1.29 is 14.6 Å². The van der Waals surface area contributed by atoms with Gasteiger partial charge in [0.25, 0.3) is 0 Å². The zero-order valence-electron chi connectivity index (χ0n) is 11.7. The number of ether oxygens (including phenoxy) is 1. The van der Waals surface area contributed by atoms with E-state index in [0.717, 1.165) is 11.3 Å². The molecule has 20 heavy (non-hydrogen) atoms. The summed E-state index contributed by atoms with van der Waals surface area (Å²) in [7, 11) is 0. The first-order chi connectivity index (χ1) is 9.47. The molecule has 1 aromatic rings. The van der Waals surface area contributed by atoms with Crippen LogP contribution in [0.5, 0.6) is 5.75 Å². The number of fused-ring (bicyclic) bond motifs is 1. The van der Waals surface area contributed by atoms with Gasteiger partial charge in [0, 0.05) is 36.5 Å². The molecule has 0 spiro atoms. The summed E-state index contributed by atoms with van der Waals surface area (Å²) >= 11 is 0. The molecule has 1 saturated carbocycles. The third-order valence-corrected chi connectivity index (χ3v) is 3.93. The second-order valence-corrected chi connectivity index (χ2v) is 5.92.